The van der Waals surface area contributed by atoms with Crippen molar-refractivity contribution < 1.29 is 14.7 Å². The van der Waals surface area contributed by atoms with E-state index in [1.54, 1.807) is 10.9 Å². The van der Waals surface area contributed by atoms with Crippen LogP contribution in [0.1, 0.15) is 6.92 Å². The first-order valence-electron chi connectivity index (χ1n) is 2.71. The summed E-state index contributed by atoms with van der Waals surface area (Å²) < 4.78 is 0. The van der Waals surface area contributed by atoms with E-state index >= 15 is 0 Å². The SMILES string of the molecule is CC(O)(C(=O)NN)C(=O)NN. The molecule has 0 atom stereocenters. The van der Waals surface area contributed by atoms with Crippen LogP contribution < -0.4 is 22.5 Å². The monoisotopic (exact) mass is 162 g/mol. The standard InChI is InChI=1S/C4H10N4O3/c1-4(11,2(9)7-5)3(10)8-6/h11H,5-6H2,1H3,(H,7,9)(H,8,10). The number of rotatable bonds is 2. The fourth-order valence-corrected chi connectivity index (χ4v) is 0.384. The Hall–Kier alpha value is -1.18. The quantitative estimate of drug-likeness (QED) is 0.126. The summed E-state index contributed by atoms with van der Waals surface area (Å²) in [5, 5.41) is 9.07. The van der Waals surface area contributed by atoms with E-state index in [1.807, 2.05) is 0 Å². The van der Waals surface area contributed by atoms with Crippen molar-refractivity contribution in [2.24, 2.45) is 11.7 Å². The summed E-state index contributed by atoms with van der Waals surface area (Å²) in [4.78, 5) is 21.3. The average molecular weight is 162 g/mol. The Morgan fingerprint density at radius 2 is 1.55 bits per heavy atom. The van der Waals surface area contributed by atoms with Gasteiger partial charge in [0.2, 0.25) is 5.60 Å². The molecule has 0 aliphatic rings. The van der Waals surface area contributed by atoms with Crippen molar-refractivity contribution in [2.45, 2.75) is 12.5 Å². The lowest BCUT2D eigenvalue weighted by molar-refractivity contribution is -0.151. The Labute approximate surface area is 62.7 Å². The van der Waals surface area contributed by atoms with Gasteiger partial charge in [-0.2, -0.15) is 0 Å². The van der Waals surface area contributed by atoms with Crippen molar-refractivity contribution in [3.63, 3.8) is 0 Å². The zero-order valence-electron chi connectivity index (χ0n) is 5.92. The molecule has 7 nitrogen and oxygen atoms in total. The average Bonchev–Trinajstić information content (AvgIpc) is 2.01. The molecule has 0 fully saturated rings. The molecule has 11 heavy (non-hydrogen) atoms. The molecule has 0 rings (SSSR count). The molecule has 0 saturated carbocycles. The largest absolute Gasteiger partial charge is 0.372 e. The summed E-state index contributed by atoms with van der Waals surface area (Å²) in [7, 11) is 0. The summed E-state index contributed by atoms with van der Waals surface area (Å²) in [6, 6.07) is 0. The number of hydrazine groups is 2. The maximum Gasteiger partial charge on any atom is 0.275 e. The van der Waals surface area contributed by atoms with Crippen molar-refractivity contribution in [1.29, 1.82) is 0 Å². The molecule has 0 aliphatic carbocycles. The lowest BCUT2D eigenvalue weighted by atomic mass is 10.1. The number of nitrogens with two attached hydrogens (primary N) is 2. The second-order valence-corrected chi connectivity index (χ2v) is 2.02. The number of nitrogens with one attached hydrogen (secondary N) is 2. The van der Waals surface area contributed by atoms with Crippen LogP contribution in [0, 0.1) is 0 Å². The molecule has 0 unspecified atom stereocenters. The van der Waals surface area contributed by atoms with Crippen molar-refractivity contribution >= 4 is 11.8 Å². The van der Waals surface area contributed by atoms with Crippen LogP contribution in [-0.4, -0.2) is 22.5 Å². The fourth-order valence-electron chi connectivity index (χ4n) is 0.384. The fraction of sp³-hybridized carbons (Fsp3) is 0.500. The molecule has 0 bridgehead atoms. The molecular formula is C4H10N4O3. The Morgan fingerprint density at radius 3 is 1.73 bits per heavy atom. The Bertz CT molecular complexity index is 160. The van der Waals surface area contributed by atoms with Gasteiger partial charge in [-0.25, -0.2) is 11.7 Å². The highest BCUT2D eigenvalue weighted by Gasteiger charge is 2.37. The zero-order chi connectivity index (χ0) is 9.07. The van der Waals surface area contributed by atoms with E-state index in [1.165, 1.54) is 0 Å². The molecule has 0 heterocycles. The molecular weight excluding hydrogens is 152 g/mol. The highest BCUT2D eigenvalue weighted by molar-refractivity contribution is 6.07. The summed E-state index contributed by atoms with van der Waals surface area (Å²) in [6.45, 7) is 0.970. The van der Waals surface area contributed by atoms with Crippen LogP contribution in [0.25, 0.3) is 0 Å². The molecule has 0 aromatic carbocycles. The molecule has 7 heteroatoms. The van der Waals surface area contributed by atoms with E-state index in [9.17, 15) is 9.59 Å². The first kappa shape index (κ1) is 9.82. The molecule has 0 aliphatic heterocycles. The number of carbonyl (C=O) groups excluding carboxylic acids is 2. The van der Waals surface area contributed by atoms with Crippen molar-refractivity contribution in [1.82, 2.24) is 10.9 Å². The van der Waals surface area contributed by atoms with E-state index in [0.29, 0.717) is 0 Å². The minimum absolute atomic E-state index is 0.970. The second kappa shape index (κ2) is 3.28. The van der Waals surface area contributed by atoms with E-state index < -0.39 is 17.4 Å². The predicted octanol–water partition coefficient (Wildman–Crippen LogP) is -3.28. The summed E-state index contributed by atoms with van der Waals surface area (Å²) in [6.07, 6.45) is 0. The van der Waals surface area contributed by atoms with Crippen LogP contribution in [0.2, 0.25) is 0 Å². The van der Waals surface area contributed by atoms with Gasteiger partial charge in [0.05, 0.1) is 0 Å². The highest BCUT2D eigenvalue weighted by Crippen LogP contribution is 2.00. The van der Waals surface area contributed by atoms with E-state index in [-0.39, 0.29) is 0 Å². The molecule has 64 valence electrons. The molecule has 0 saturated heterocycles. The van der Waals surface area contributed by atoms with Crippen molar-refractivity contribution in [3.8, 4) is 0 Å². The third-order valence-corrected chi connectivity index (χ3v) is 1.15. The molecule has 0 radical (unpaired) electrons. The van der Waals surface area contributed by atoms with E-state index in [0.717, 1.165) is 6.92 Å². The van der Waals surface area contributed by atoms with Crippen LogP contribution in [0.3, 0.4) is 0 Å². The van der Waals surface area contributed by atoms with Gasteiger partial charge in [-0.1, -0.05) is 0 Å². The van der Waals surface area contributed by atoms with Gasteiger partial charge in [0.1, 0.15) is 0 Å². The maximum atomic E-state index is 10.6. The number of amides is 2. The number of aliphatic hydroxyl groups is 1. The van der Waals surface area contributed by atoms with E-state index in [2.05, 4.69) is 11.7 Å². The second-order valence-electron chi connectivity index (χ2n) is 2.02. The topological polar surface area (TPSA) is 130 Å². The number of carbonyl (C=O) groups is 2. The lowest BCUT2D eigenvalue weighted by Gasteiger charge is -2.17. The lowest BCUT2D eigenvalue weighted by Crippen LogP contribution is -2.58. The van der Waals surface area contributed by atoms with Gasteiger partial charge in [0.15, 0.2) is 0 Å². The minimum Gasteiger partial charge on any atom is -0.372 e. The summed E-state index contributed by atoms with van der Waals surface area (Å²) >= 11 is 0. The third kappa shape index (κ3) is 1.87. The summed E-state index contributed by atoms with van der Waals surface area (Å²) in [5.74, 6) is 7.29. The van der Waals surface area contributed by atoms with Crippen LogP contribution >= 0.6 is 0 Å². The number of hydrogen-bond donors (Lipinski definition) is 5. The van der Waals surface area contributed by atoms with Gasteiger partial charge in [-0.3, -0.25) is 20.4 Å². The Morgan fingerprint density at radius 1 is 1.27 bits per heavy atom. The molecule has 0 aromatic rings. The smallest absolute Gasteiger partial charge is 0.275 e. The van der Waals surface area contributed by atoms with Crippen LogP contribution in [0.5, 0.6) is 0 Å². The minimum atomic E-state index is -2.23. The van der Waals surface area contributed by atoms with Gasteiger partial charge in [0, 0.05) is 0 Å². The first-order valence-corrected chi connectivity index (χ1v) is 2.71. The highest BCUT2D eigenvalue weighted by atomic mass is 16.3. The third-order valence-electron chi connectivity index (χ3n) is 1.15. The predicted molar refractivity (Wildman–Crippen MR) is 35.3 cm³/mol. The number of hydrogen-bond acceptors (Lipinski definition) is 5. The molecule has 2 amide bonds. The zero-order valence-corrected chi connectivity index (χ0v) is 5.92. The normalized spacial score (nSPS) is 10.5. The Balaban J connectivity index is 4.44. The molecule has 0 spiro atoms. The maximum absolute atomic E-state index is 10.6. The van der Waals surface area contributed by atoms with Gasteiger partial charge < -0.3 is 5.11 Å². The van der Waals surface area contributed by atoms with Gasteiger partial charge >= 0.3 is 0 Å². The van der Waals surface area contributed by atoms with Crippen LogP contribution in [-0.2, 0) is 9.59 Å². The van der Waals surface area contributed by atoms with E-state index in [4.69, 9.17) is 5.11 Å². The van der Waals surface area contributed by atoms with Crippen molar-refractivity contribution in [3.05, 3.63) is 0 Å². The van der Waals surface area contributed by atoms with Crippen molar-refractivity contribution in [2.75, 3.05) is 0 Å². The first-order chi connectivity index (χ1) is 4.96. The molecule has 0 aromatic heterocycles. The van der Waals surface area contributed by atoms with Gasteiger partial charge in [-0.05, 0) is 6.92 Å². The van der Waals surface area contributed by atoms with Crippen LogP contribution in [0.4, 0.5) is 0 Å². The van der Waals surface area contributed by atoms with Gasteiger partial charge in [-0.15, -0.1) is 0 Å². The summed E-state index contributed by atoms with van der Waals surface area (Å²) in [5.41, 5.74) is 0.998. The van der Waals surface area contributed by atoms with Crippen LogP contribution in [0.15, 0.2) is 0 Å². The van der Waals surface area contributed by atoms with Gasteiger partial charge in [0.25, 0.3) is 11.8 Å². The molecule has 7 N–H and O–H groups in total. The Kier molecular flexibility index (Phi) is 2.93.